The molecule has 1 rings (SSSR count). The van der Waals surface area contributed by atoms with Crippen LogP contribution in [0, 0.1) is 4.64 Å². The zero-order chi connectivity index (χ0) is 6.85. The molecule has 0 aliphatic rings. The summed E-state index contributed by atoms with van der Waals surface area (Å²) in [5.41, 5.74) is 11.0. The summed E-state index contributed by atoms with van der Waals surface area (Å²) in [4.78, 5) is 6.31. The Morgan fingerprint density at radius 1 is 1.56 bits per heavy atom. The first-order valence-corrected chi connectivity index (χ1v) is 2.71. The Hall–Kier alpha value is -1.10. The van der Waals surface area contributed by atoms with Gasteiger partial charge in [-0.3, -0.25) is 0 Å². The number of nitrogen functional groups attached to an aromatic ring is 2. The summed E-state index contributed by atoms with van der Waals surface area (Å²) in [6, 6.07) is 0. The molecule has 0 radical (unpaired) electrons. The number of nitrogens with two attached hydrogens (primary N) is 2. The minimum Gasteiger partial charge on any atom is -0.393 e. The number of anilines is 2. The van der Waals surface area contributed by atoms with Crippen LogP contribution in [0.1, 0.15) is 0 Å². The van der Waals surface area contributed by atoms with Crippen LogP contribution in [0.4, 0.5) is 11.5 Å². The summed E-state index contributed by atoms with van der Waals surface area (Å²) < 4.78 is 0.433. The average molecular weight is 142 g/mol. The van der Waals surface area contributed by atoms with E-state index in [1.54, 1.807) is 0 Å². The van der Waals surface area contributed by atoms with Gasteiger partial charge in [-0.15, -0.1) is 0 Å². The molecular weight excluding hydrogens is 136 g/mol. The van der Waals surface area contributed by atoms with E-state index >= 15 is 0 Å². The van der Waals surface area contributed by atoms with Gasteiger partial charge in [0.05, 0.1) is 6.33 Å². The number of hydrogen-bond acceptors (Lipinski definition) is 4. The number of rotatable bonds is 0. The van der Waals surface area contributed by atoms with Crippen molar-refractivity contribution in [2.24, 2.45) is 0 Å². The third-order valence-electron chi connectivity index (χ3n) is 0.920. The van der Waals surface area contributed by atoms with Crippen LogP contribution in [0.3, 0.4) is 0 Å². The predicted octanol–water partition coefficient (Wildman–Crippen LogP) is 0.304. The minimum absolute atomic E-state index is 0.277. The summed E-state index contributed by atoms with van der Waals surface area (Å²) in [5.74, 6) is 0.277. The van der Waals surface area contributed by atoms with Crippen molar-refractivity contribution in [3.05, 3.63) is 11.0 Å². The van der Waals surface area contributed by atoms with E-state index in [2.05, 4.69) is 9.97 Å². The monoisotopic (exact) mass is 142 g/mol. The van der Waals surface area contributed by atoms with Crippen LogP contribution in [-0.4, -0.2) is 9.97 Å². The van der Waals surface area contributed by atoms with Crippen molar-refractivity contribution in [2.75, 3.05) is 11.5 Å². The highest BCUT2D eigenvalue weighted by Gasteiger charge is 1.92. The molecule has 5 heteroatoms. The van der Waals surface area contributed by atoms with Crippen LogP contribution in [-0.2, 0) is 0 Å². The van der Waals surface area contributed by atoms with Crippen LogP contribution in [0.2, 0.25) is 0 Å². The number of hydrogen-bond donors (Lipinski definition) is 3. The maximum Gasteiger partial charge on any atom is 0.151 e. The highest BCUT2D eigenvalue weighted by atomic mass is 32.1. The van der Waals surface area contributed by atoms with Gasteiger partial charge in [-0.1, -0.05) is 12.2 Å². The van der Waals surface area contributed by atoms with Gasteiger partial charge in [0.25, 0.3) is 0 Å². The van der Waals surface area contributed by atoms with Crippen molar-refractivity contribution in [2.45, 2.75) is 0 Å². The molecule has 0 bridgehead atoms. The fourth-order valence-corrected chi connectivity index (χ4v) is 0.581. The fraction of sp³-hybridized carbons (Fsp3) is 0. The molecule has 0 aliphatic carbocycles. The average Bonchev–Trinajstić information content (AvgIpc) is 1.83. The minimum atomic E-state index is 0.277. The molecule has 0 aromatic carbocycles. The molecule has 0 fully saturated rings. The summed E-state index contributed by atoms with van der Waals surface area (Å²) in [7, 11) is 0. The lowest BCUT2D eigenvalue weighted by Crippen LogP contribution is -1.98. The van der Waals surface area contributed by atoms with Gasteiger partial charge in [0.15, 0.2) is 5.82 Å². The molecule has 1 heterocycles. The molecule has 5 N–H and O–H groups in total. The zero-order valence-corrected chi connectivity index (χ0v) is 5.40. The van der Waals surface area contributed by atoms with Gasteiger partial charge in [-0.2, -0.15) is 0 Å². The Morgan fingerprint density at radius 2 is 2.22 bits per heavy atom. The Bertz CT molecular complexity index is 266. The molecule has 1 aromatic rings. The van der Waals surface area contributed by atoms with E-state index in [-0.39, 0.29) is 5.82 Å². The molecule has 0 atom stereocenters. The van der Waals surface area contributed by atoms with Gasteiger partial charge in [-0.25, -0.2) is 4.98 Å². The lowest BCUT2D eigenvalue weighted by molar-refractivity contribution is 1.16. The lowest BCUT2D eigenvalue weighted by Gasteiger charge is -1.94. The molecule has 0 saturated carbocycles. The second-order valence-corrected chi connectivity index (χ2v) is 1.94. The normalized spacial score (nSPS) is 9.33. The molecular formula is C4H6N4S. The number of nitrogens with one attached hydrogen (secondary N) is 1. The highest BCUT2D eigenvalue weighted by Crippen LogP contribution is 2.07. The van der Waals surface area contributed by atoms with Gasteiger partial charge in [-0.05, 0) is 0 Å². The zero-order valence-electron chi connectivity index (χ0n) is 4.59. The van der Waals surface area contributed by atoms with E-state index in [9.17, 15) is 0 Å². The summed E-state index contributed by atoms with van der Waals surface area (Å²) in [5, 5.41) is 0. The van der Waals surface area contributed by atoms with Crippen LogP contribution in [0.5, 0.6) is 0 Å². The largest absolute Gasteiger partial charge is 0.393 e. The first-order chi connectivity index (χ1) is 4.22. The maximum absolute atomic E-state index is 5.36. The van der Waals surface area contributed by atoms with E-state index in [4.69, 9.17) is 23.7 Å². The molecule has 0 saturated heterocycles. The summed E-state index contributed by atoms with van der Waals surface area (Å²) in [6.07, 6.45) is 1.41. The predicted molar refractivity (Wildman–Crippen MR) is 38.2 cm³/mol. The van der Waals surface area contributed by atoms with Crippen molar-refractivity contribution < 1.29 is 0 Å². The lowest BCUT2D eigenvalue weighted by atomic mass is 10.5. The molecule has 9 heavy (non-hydrogen) atoms. The van der Waals surface area contributed by atoms with Gasteiger partial charge >= 0.3 is 0 Å². The highest BCUT2D eigenvalue weighted by molar-refractivity contribution is 7.71. The molecule has 0 spiro atoms. The van der Waals surface area contributed by atoms with Crippen molar-refractivity contribution in [1.29, 1.82) is 0 Å². The topological polar surface area (TPSA) is 80.7 Å². The third-order valence-corrected chi connectivity index (χ3v) is 1.26. The van der Waals surface area contributed by atoms with E-state index < -0.39 is 0 Å². The quantitative estimate of drug-likeness (QED) is 0.455. The number of nitrogens with zero attached hydrogens (tertiary/aromatic N) is 1. The number of H-pyrrole nitrogens is 1. The molecule has 0 amide bonds. The van der Waals surface area contributed by atoms with E-state index in [1.165, 1.54) is 6.33 Å². The molecule has 48 valence electrons. The van der Waals surface area contributed by atoms with Crippen LogP contribution in [0.15, 0.2) is 6.33 Å². The summed E-state index contributed by atoms with van der Waals surface area (Å²) in [6.45, 7) is 0. The van der Waals surface area contributed by atoms with Crippen LogP contribution >= 0.6 is 12.2 Å². The molecule has 0 aliphatic heterocycles. The van der Waals surface area contributed by atoms with Gasteiger partial charge < -0.3 is 16.5 Å². The van der Waals surface area contributed by atoms with E-state index in [0.29, 0.717) is 10.3 Å². The Balaban J connectivity index is 3.43. The Labute approximate surface area is 56.9 Å². The molecule has 4 nitrogen and oxygen atoms in total. The van der Waals surface area contributed by atoms with Crippen LogP contribution in [0.25, 0.3) is 0 Å². The van der Waals surface area contributed by atoms with Gasteiger partial charge in [0, 0.05) is 0 Å². The Morgan fingerprint density at radius 3 is 2.67 bits per heavy atom. The SMILES string of the molecule is Nc1nc[nH]c(=S)c1N. The van der Waals surface area contributed by atoms with Crippen molar-refractivity contribution in [1.82, 2.24) is 9.97 Å². The second kappa shape index (κ2) is 2.02. The fourth-order valence-electron chi connectivity index (χ4n) is 0.424. The molecule has 1 aromatic heterocycles. The van der Waals surface area contributed by atoms with Crippen molar-refractivity contribution in [3.63, 3.8) is 0 Å². The Kier molecular flexibility index (Phi) is 1.35. The van der Waals surface area contributed by atoms with Gasteiger partial charge in [0.2, 0.25) is 0 Å². The van der Waals surface area contributed by atoms with E-state index in [0.717, 1.165) is 0 Å². The maximum atomic E-state index is 5.36. The van der Waals surface area contributed by atoms with Crippen molar-refractivity contribution >= 4 is 23.7 Å². The number of aromatic amines is 1. The standard InChI is InChI=1S/C4H6N4S/c5-2-3(6)7-1-8-4(2)9/h1H,5H2,(H3,6,7,8,9). The third kappa shape index (κ3) is 0.996. The van der Waals surface area contributed by atoms with Crippen molar-refractivity contribution in [3.8, 4) is 0 Å². The van der Waals surface area contributed by atoms with E-state index in [1.807, 2.05) is 0 Å². The summed E-state index contributed by atoms with van der Waals surface area (Å²) >= 11 is 4.74. The first kappa shape index (κ1) is 6.03. The molecule has 0 unspecified atom stereocenters. The first-order valence-electron chi connectivity index (χ1n) is 2.30. The smallest absolute Gasteiger partial charge is 0.151 e. The van der Waals surface area contributed by atoms with Crippen LogP contribution < -0.4 is 11.5 Å². The number of aromatic nitrogens is 2. The second-order valence-electron chi connectivity index (χ2n) is 1.53. The van der Waals surface area contributed by atoms with Gasteiger partial charge in [0.1, 0.15) is 10.3 Å².